The third-order valence-electron chi connectivity index (χ3n) is 6.90. The lowest BCUT2D eigenvalue weighted by molar-refractivity contribution is 0.976. The molecule has 0 N–H and O–H groups in total. The van der Waals surface area contributed by atoms with Crippen LogP contribution >= 0.6 is 0 Å². The summed E-state index contributed by atoms with van der Waals surface area (Å²) < 4.78 is 0. The van der Waals surface area contributed by atoms with Crippen molar-refractivity contribution in [1.82, 2.24) is 0 Å². The average Bonchev–Trinajstić information content (AvgIpc) is 2.91. The van der Waals surface area contributed by atoms with Gasteiger partial charge >= 0.3 is 0 Å². The molecule has 0 aromatic heterocycles. The largest absolute Gasteiger partial charge is 0.345 e. The van der Waals surface area contributed by atoms with Gasteiger partial charge in [0.2, 0.25) is 0 Å². The number of nitrogens with zero attached hydrogens (tertiary/aromatic N) is 1. The van der Waals surface area contributed by atoms with Crippen LogP contribution in [0.2, 0.25) is 0 Å². The molecule has 0 atom stereocenters. The molecule has 0 bridgehead atoms. The minimum absolute atomic E-state index is 1.09. The Morgan fingerprint density at radius 2 is 1.14 bits per heavy atom. The van der Waals surface area contributed by atoms with E-state index in [9.17, 15) is 0 Å². The number of hydrogen-bond acceptors (Lipinski definition) is 1. The van der Waals surface area contributed by atoms with Crippen LogP contribution in [0.4, 0.5) is 11.4 Å². The van der Waals surface area contributed by atoms with Crippen molar-refractivity contribution in [2.45, 2.75) is 26.7 Å². The lowest BCUT2D eigenvalue weighted by atomic mass is 9.97. The molecule has 1 heteroatoms. The van der Waals surface area contributed by atoms with Gasteiger partial charge in [0.25, 0.3) is 0 Å². The molecule has 0 radical (unpaired) electrons. The summed E-state index contributed by atoms with van der Waals surface area (Å²) in [6, 6.07) is 35.2. The Balaban J connectivity index is 1.44. The van der Waals surface area contributed by atoms with E-state index in [0.717, 1.165) is 12.8 Å². The van der Waals surface area contributed by atoms with Crippen LogP contribution in [-0.2, 0) is 0 Å². The summed E-state index contributed by atoms with van der Waals surface area (Å²) in [6.07, 6.45) is 11.3. The van der Waals surface area contributed by atoms with Gasteiger partial charge in [-0.2, -0.15) is 0 Å². The van der Waals surface area contributed by atoms with Crippen molar-refractivity contribution in [3.8, 4) is 22.3 Å². The lowest BCUT2D eigenvalue weighted by Crippen LogP contribution is -2.09. The maximum atomic E-state index is 2.29. The smallest absolute Gasteiger partial charge is 0.0414 e. The maximum absolute atomic E-state index is 2.29. The third kappa shape index (κ3) is 5.42. The van der Waals surface area contributed by atoms with E-state index in [-0.39, 0.29) is 0 Å². The van der Waals surface area contributed by atoms with Crippen LogP contribution in [0.3, 0.4) is 0 Å². The molecule has 178 valence electrons. The third-order valence-corrected chi connectivity index (χ3v) is 6.90. The van der Waals surface area contributed by atoms with Gasteiger partial charge in [-0.05, 0) is 90.4 Å². The number of rotatable bonds is 5. The molecule has 0 aliphatic heterocycles. The normalized spacial score (nSPS) is 16.3. The first-order chi connectivity index (χ1) is 17.6. The van der Waals surface area contributed by atoms with Gasteiger partial charge < -0.3 is 4.90 Å². The van der Waals surface area contributed by atoms with Gasteiger partial charge in [-0.15, -0.1) is 0 Å². The molecular weight excluding hydrogens is 434 g/mol. The molecule has 1 aliphatic rings. The van der Waals surface area contributed by atoms with Crippen molar-refractivity contribution in [1.29, 1.82) is 0 Å². The summed E-state index contributed by atoms with van der Waals surface area (Å²) in [5, 5.41) is 0. The fraction of sp³-hybridized carbons (Fsp3) is 0.143. The Hall–Kier alpha value is -4.10. The average molecular weight is 468 g/mol. The van der Waals surface area contributed by atoms with E-state index < -0.39 is 0 Å². The van der Waals surface area contributed by atoms with E-state index in [1.807, 2.05) is 0 Å². The quantitative estimate of drug-likeness (QED) is 0.282. The molecule has 36 heavy (non-hydrogen) atoms. The molecule has 0 spiro atoms. The molecule has 1 nitrogen and oxygen atoms in total. The number of allylic oxidation sites excluding steroid dienone is 6. The van der Waals surface area contributed by atoms with Crippen molar-refractivity contribution in [3.63, 3.8) is 0 Å². The maximum Gasteiger partial charge on any atom is 0.0414 e. The fourth-order valence-electron chi connectivity index (χ4n) is 4.72. The Kier molecular flexibility index (Phi) is 7.00. The zero-order valence-corrected chi connectivity index (χ0v) is 21.4. The standard InChI is InChI=1S/C35H33N/c1-26-10-4-5-12-28(21-20-26)32-16-8-18-34(24-32)36(3)35-19-9-17-33(25-35)31-15-7-14-30(23-31)29-13-6-11-27(2)22-29/h5-9,11-25H,4,10H2,1-3H3/b12-5?,26-20+,28-21+. The summed E-state index contributed by atoms with van der Waals surface area (Å²) in [5.74, 6) is 0. The van der Waals surface area contributed by atoms with Crippen molar-refractivity contribution in [2.24, 2.45) is 0 Å². The first-order valence-corrected chi connectivity index (χ1v) is 12.7. The number of aryl methyl sites for hydroxylation is 1. The second-order valence-electron chi connectivity index (χ2n) is 9.69. The fourth-order valence-corrected chi connectivity index (χ4v) is 4.72. The van der Waals surface area contributed by atoms with Crippen LogP contribution in [0.1, 0.15) is 30.9 Å². The Bertz CT molecular complexity index is 1470. The molecule has 5 rings (SSSR count). The highest BCUT2D eigenvalue weighted by Gasteiger charge is 2.09. The van der Waals surface area contributed by atoms with Crippen LogP contribution in [0.5, 0.6) is 0 Å². The van der Waals surface area contributed by atoms with E-state index >= 15 is 0 Å². The van der Waals surface area contributed by atoms with Crippen LogP contribution in [0, 0.1) is 6.92 Å². The molecule has 0 saturated heterocycles. The lowest BCUT2D eigenvalue weighted by Gasteiger charge is -2.21. The van der Waals surface area contributed by atoms with Crippen LogP contribution in [0.15, 0.2) is 127 Å². The molecule has 4 aromatic rings. The zero-order valence-electron chi connectivity index (χ0n) is 21.4. The number of benzene rings is 4. The molecular formula is C35H33N. The first kappa shape index (κ1) is 23.6. The molecule has 0 heterocycles. The van der Waals surface area contributed by atoms with Crippen molar-refractivity contribution in [3.05, 3.63) is 138 Å². The Morgan fingerprint density at radius 3 is 1.83 bits per heavy atom. The SMILES string of the molecule is C/C1=C\C=C(\c2cccc(N(C)c3cccc(-c4cccc(-c5cccc(C)c5)c4)c3)c2)C=CCC1. The molecule has 0 saturated carbocycles. The molecule has 0 fully saturated rings. The van der Waals surface area contributed by atoms with E-state index in [4.69, 9.17) is 0 Å². The van der Waals surface area contributed by atoms with E-state index in [1.54, 1.807) is 0 Å². The van der Waals surface area contributed by atoms with Gasteiger partial charge in [-0.25, -0.2) is 0 Å². The predicted octanol–water partition coefficient (Wildman–Crippen LogP) is 9.78. The monoisotopic (exact) mass is 467 g/mol. The highest BCUT2D eigenvalue weighted by atomic mass is 15.1. The highest BCUT2D eigenvalue weighted by molar-refractivity contribution is 5.80. The number of hydrogen-bond donors (Lipinski definition) is 0. The summed E-state index contributed by atoms with van der Waals surface area (Å²) in [6.45, 7) is 4.35. The Labute approximate surface area is 215 Å². The summed E-state index contributed by atoms with van der Waals surface area (Å²) in [5.41, 5.74) is 12.5. The number of anilines is 2. The van der Waals surface area contributed by atoms with Gasteiger partial charge in [0.15, 0.2) is 0 Å². The van der Waals surface area contributed by atoms with E-state index in [2.05, 4.69) is 147 Å². The summed E-state index contributed by atoms with van der Waals surface area (Å²) in [7, 11) is 2.15. The summed E-state index contributed by atoms with van der Waals surface area (Å²) in [4.78, 5) is 2.27. The van der Waals surface area contributed by atoms with Crippen LogP contribution in [-0.4, -0.2) is 7.05 Å². The molecule has 1 aliphatic carbocycles. The minimum atomic E-state index is 1.09. The van der Waals surface area contributed by atoms with E-state index in [1.165, 1.54) is 55.9 Å². The molecule has 0 amide bonds. The molecule has 4 aromatic carbocycles. The van der Waals surface area contributed by atoms with Gasteiger partial charge in [0.1, 0.15) is 0 Å². The van der Waals surface area contributed by atoms with E-state index in [0.29, 0.717) is 0 Å². The zero-order chi connectivity index (χ0) is 24.9. The predicted molar refractivity (Wildman–Crippen MR) is 157 cm³/mol. The van der Waals surface area contributed by atoms with Crippen LogP contribution in [0.25, 0.3) is 27.8 Å². The molecule has 0 unspecified atom stereocenters. The van der Waals surface area contributed by atoms with Gasteiger partial charge in [0.05, 0.1) is 0 Å². The van der Waals surface area contributed by atoms with Crippen molar-refractivity contribution < 1.29 is 0 Å². The summed E-state index contributed by atoms with van der Waals surface area (Å²) >= 11 is 0. The van der Waals surface area contributed by atoms with Gasteiger partial charge in [-0.3, -0.25) is 0 Å². The second-order valence-corrected chi connectivity index (χ2v) is 9.69. The van der Waals surface area contributed by atoms with Crippen molar-refractivity contribution in [2.75, 3.05) is 11.9 Å². The van der Waals surface area contributed by atoms with Crippen LogP contribution < -0.4 is 4.90 Å². The van der Waals surface area contributed by atoms with Gasteiger partial charge in [0, 0.05) is 18.4 Å². The van der Waals surface area contributed by atoms with Gasteiger partial charge in [-0.1, -0.05) is 102 Å². The van der Waals surface area contributed by atoms with Crippen molar-refractivity contribution >= 4 is 16.9 Å². The second kappa shape index (κ2) is 10.7. The Morgan fingerprint density at radius 1 is 0.583 bits per heavy atom. The topological polar surface area (TPSA) is 3.24 Å². The highest BCUT2D eigenvalue weighted by Crippen LogP contribution is 2.32. The minimum Gasteiger partial charge on any atom is -0.345 e. The first-order valence-electron chi connectivity index (χ1n) is 12.7.